The van der Waals surface area contributed by atoms with Crippen LogP contribution in [0.2, 0.25) is 0 Å². The lowest BCUT2D eigenvalue weighted by Gasteiger charge is -2.22. The Morgan fingerprint density at radius 1 is 0.806 bits per heavy atom. The highest BCUT2D eigenvalue weighted by molar-refractivity contribution is 6.31. The van der Waals surface area contributed by atoms with Crippen LogP contribution in [0.3, 0.4) is 0 Å². The van der Waals surface area contributed by atoms with E-state index in [-0.39, 0.29) is 11.5 Å². The molecule has 6 heteroatoms. The van der Waals surface area contributed by atoms with Crippen molar-refractivity contribution in [3.63, 3.8) is 0 Å². The number of hydrogen-bond acceptors (Lipinski definition) is 4. The number of benzene rings is 3. The van der Waals surface area contributed by atoms with E-state index in [0.29, 0.717) is 36.1 Å². The van der Waals surface area contributed by atoms with Gasteiger partial charge in [0.25, 0.3) is 11.8 Å². The minimum absolute atomic E-state index is 0.0796. The number of amides is 2. The van der Waals surface area contributed by atoms with Crippen LogP contribution in [0.5, 0.6) is 11.5 Å². The maximum absolute atomic E-state index is 12.8. The van der Waals surface area contributed by atoms with Gasteiger partial charge in [-0.05, 0) is 72.4 Å². The molecule has 184 valence electrons. The number of ether oxygens (including phenoxy) is 2. The quantitative estimate of drug-likeness (QED) is 0.256. The normalized spacial score (nSPS) is 17.3. The van der Waals surface area contributed by atoms with Crippen LogP contribution >= 0.6 is 0 Å². The van der Waals surface area contributed by atoms with Crippen LogP contribution in [0.15, 0.2) is 84.4 Å². The Bertz CT molecular complexity index is 1230. The standard InChI is InChI=1S/C30H30N2O4/c33-29-28(30(34)32(31-29)25-11-5-2-6-12-25)21-22-8-7-13-27(20-22)36-19-18-35-26-16-14-24(15-17-26)23-9-3-1-4-10-23/h2,5-8,11-17,20-21,23H,1,3-4,9-10,18-19H2,(H,31,33). The van der Waals surface area contributed by atoms with Crippen LogP contribution in [-0.4, -0.2) is 25.0 Å². The Labute approximate surface area is 211 Å². The van der Waals surface area contributed by atoms with Crippen LogP contribution < -0.4 is 19.9 Å². The van der Waals surface area contributed by atoms with Gasteiger partial charge >= 0.3 is 0 Å². The molecule has 0 radical (unpaired) electrons. The van der Waals surface area contributed by atoms with Gasteiger partial charge in [0, 0.05) is 0 Å². The number of rotatable bonds is 8. The Kier molecular flexibility index (Phi) is 7.31. The summed E-state index contributed by atoms with van der Waals surface area (Å²) in [6.45, 7) is 0.798. The predicted molar refractivity (Wildman–Crippen MR) is 140 cm³/mol. The highest BCUT2D eigenvalue weighted by Crippen LogP contribution is 2.33. The third-order valence-electron chi connectivity index (χ3n) is 6.65. The summed E-state index contributed by atoms with van der Waals surface area (Å²) in [6.07, 6.45) is 8.17. The van der Waals surface area contributed by atoms with E-state index in [0.717, 1.165) is 5.75 Å². The number of nitrogens with zero attached hydrogens (tertiary/aromatic N) is 1. The molecule has 0 atom stereocenters. The van der Waals surface area contributed by atoms with E-state index in [2.05, 4.69) is 17.6 Å². The molecule has 1 aliphatic carbocycles. The minimum Gasteiger partial charge on any atom is -0.490 e. The summed E-state index contributed by atoms with van der Waals surface area (Å²) in [5.41, 5.74) is 5.42. The van der Waals surface area contributed by atoms with E-state index in [4.69, 9.17) is 9.47 Å². The van der Waals surface area contributed by atoms with E-state index in [1.54, 1.807) is 24.3 Å². The molecule has 5 rings (SSSR count). The molecular formula is C30H30N2O4. The van der Waals surface area contributed by atoms with Gasteiger partial charge < -0.3 is 9.47 Å². The summed E-state index contributed by atoms with van der Waals surface area (Å²) in [5, 5.41) is 1.26. The van der Waals surface area contributed by atoms with Gasteiger partial charge in [0.2, 0.25) is 0 Å². The summed E-state index contributed by atoms with van der Waals surface area (Å²) < 4.78 is 11.7. The van der Waals surface area contributed by atoms with Crippen LogP contribution in [0.1, 0.15) is 49.1 Å². The molecule has 2 aliphatic rings. The Morgan fingerprint density at radius 2 is 1.53 bits per heavy atom. The molecule has 1 saturated heterocycles. The van der Waals surface area contributed by atoms with Crippen LogP contribution in [-0.2, 0) is 9.59 Å². The first kappa shape index (κ1) is 23.7. The van der Waals surface area contributed by atoms with E-state index in [9.17, 15) is 9.59 Å². The highest BCUT2D eigenvalue weighted by Gasteiger charge is 2.34. The SMILES string of the molecule is O=C1NN(c2ccccc2)C(=O)C1=Cc1cccc(OCCOc2ccc(C3CCCCC3)cc2)c1. The van der Waals surface area contributed by atoms with Crippen molar-refractivity contribution in [1.29, 1.82) is 0 Å². The van der Waals surface area contributed by atoms with E-state index >= 15 is 0 Å². The lowest BCUT2D eigenvalue weighted by atomic mass is 9.84. The summed E-state index contributed by atoms with van der Waals surface area (Å²) in [7, 11) is 0. The van der Waals surface area contributed by atoms with Crippen molar-refractivity contribution in [1.82, 2.24) is 5.43 Å². The fourth-order valence-corrected chi connectivity index (χ4v) is 4.77. The Hall–Kier alpha value is -4.06. The van der Waals surface area contributed by atoms with Gasteiger partial charge in [-0.3, -0.25) is 15.0 Å². The second-order valence-corrected chi connectivity index (χ2v) is 9.15. The Morgan fingerprint density at radius 3 is 2.28 bits per heavy atom. The van der Waals surface area contributed by atoms with Gasteiger partial charge in [0.15, 0.2) is 0 Å². The van der Waals surface area contributed by atoms with Crippen molar-refractivity contribution in [3.05, 3.63) is 95.6 Å². The van der Waals surface area contributed by atoms with E-state index in [1.165, 1.54) is 42.7 Å². The largest absolute Gasteiger partial charge is 0.490 e. The first-order valence-electron chi connectivity index (χ1n) is 12.6. The number of carbonyl (C=O) groups excluding carboxylic acids is 2. The average molecular weight is 483 g/mol. The fraction of sp³-hybridized carbons (Fsp3) is 0.267. The molecule has 3 aromatic carbocycles. The smallest absolute Gasteiger partial charge is 0.282 e. The van der Waals surface area contributed by atoms with Crippen molar-refractivity contribution in [3.8, 4) is 11.5 Å². The molecule has 6 nitrogen and oxygen atoms in total. The predicted octanol–water partition coefficient (Wildman–Crippen LogP) is 5.65. The second-order valence-electron chi connectivity index (χ2n) is 9.15. The molecule has 1 heterocycles. The van der Waals surface area contributed by atoms with Crippen molar-refractivity contribution in [2.45, 2.75) is 38.0 Å². The second kappa shape index (κ2) is 11.1. The van der Waals surface area contributed by atoms with Gasteiger partial charge in [0.1, 0.15) is 30.3 Å². The maximum atomic E-state index is 12.8. The average Bonchev–Trinajstić information content (AvgIpc) is 3.21. The molecule has 36 heavy (non-hydrogen) atoms. The summed E-state index contributed by atoms with van der Waals surface area (Å²) in [4.78, 5) is 25.2. The molecule has 1 N–H and O–H groups in total. The van der Waals surface area contributed by atoms with Crippen molar-refractivity contribution in [2.75, 3.05) is 18.2 Å². The molecule has 1 saturated carbocycles. The number of para-hydroxylation sites is 1. The number of hydrazine groups is 1. The van der Waals surface area contributed by atoms with E-state index < -0.39 is 5.91 Å². The number of nitrogens with one attached hydrogen (secondary N) is 1. The van der Waals surface area contributed by atoms with Crippen molar-refractivity contribution < 1.29 is 19.1 Å². The Balaban J connectivity index is 1.14. The highest BCUT2D eigenvalue weighted by atomic mass is 16.5. The molecule has 2 fully saturated rings. The van der Waals surface area contributed by atoms with Crippen molar-refractivity contribution >= 4 is 23.6 Å². The first-order chi connectivity index (χ1) is 17.7. The molecule has 3 aromatic rings. The summed E-state index contributed by atoms with van der Waals surface area (Å²) in [6, 6.07) is 24.8. The molecule has 0 spiro atoms. The number of anilines is 1. The van der Waals surface area contributed by atoms with Crippen LogP contribution in [0, 0.1) is 0 Å². The summed E-state index contributed by atoms with van der Waals surface area (Å²) >= 11 is 0. The van der Waals surface area contributed by atoms with Crippen LogP contribution in [0.25, 0.3) is 6.08 Å². The first-order valence-corrected chi connectivity index (χ1v) is 12.6. The molecule has 0 aromatic heterocycles. The third-order valence-corrected chi connectivity index (χ3v) is 6.65. The maximum Gasteiger partial charge on any atom is 0.282 e. The zero-order valence-corrected chi connectivity index (χ0v) is 20.2. The minimum atomic E-state index is -0.432. The molecule has 2 amide bonds. The van der Waals surface area contributed by atoms with Gasteiger partial charge in [-0.15, -0.1) is 0 Å². The van der Waals surface area contributed by atoms with E-state index in [1.807, 2.05) is 48.5 Å². The zero-order chi connectivity index (χ0) is 24.7. The van der Waals surface area contributed by atoms with Gasteiger partial charge in [-0.1, -0.05) is 61.7 Å². The summed E-state index contributed by atoms with van der Waals surface area (Å²) in [5.74, 6) is 1.35. The number of carbonyl (C=O) groups is 2. The molecule has 0 unspecified atom stereocenters. The van der Waals surface area contributed by atoms with Gasteiger partial charge in [-0.25, -0.2) is 5.01 Å². The molecular weight excluding hydrogens is 452 g/mol. The van der Waals surface area contributed by atoms with Gasteiger partial charge in [0.05, 0.1) is 5.69 Å². The third kappa shape index (κ3) is 5.60. The molecule has 0 bridgehead atoms. The number of hydrogen-bond donors (Lipinski definition) is 1. The fourth-order valence-electron chi connectivity index (χ4n) is 4.77. The monoisotopic (exact) mass is 482 g/mol. The van der Waals surface area contributed by atoms with Crippen molar-refractivity contribution in [2.24, 2.45) is 0 Å². The lowest BCUT2D eigenvalue weighted by molar-refractivity contribution is -0.117. The zero-order valence-electron chi connectivity index (χ0n) is 20.2. The topological polar surface area (TPSA) is 67.9 Å². The molecule has 1 aliphatic heterocycles. The lowest BCUT2D eigenvalue weighted by Crippen LogP contribution is -2.35. The van der Waals surface area contributed by atoms with Gasteiger partial charge in [-0.2, -0.15) is 0 Å². The van der Waals surface area contributed by atoms with Crippen LogP contribution in [0.4, 0.5) is 5.69 Å².